The Morgan fingerprint density at radius 2 is 1.75 bits per heavy atom. The Bertz CT molecular complexity index is 592. The smallest absolute Gasteiger partial charge is 0.0526 e. The molecule has 0 saturated heterocycles. The van der Waals surface area contributed by atoms with Gasteiger partial charge in [0.15, 0.2) is 0 Å². The number of para-hydroxylation sites is 1. The molecular formula is C18H21NS. The molecule has 0 radical (unpaired) electrons. The molecule has 20 heavy (non-hydrogen) atoms. The highest BCUT2D eigenvalue weighted by Crippen LogP contribution is 2.44. The SMILES string of the molecule is CCCCCCc1ccc2c(c1)Sc1ccccc1N2. The number of nitrogens with one attached hydrogen (secondary N) is 1. The largest absolute Gasteiger partial charge is 0.354 e. The summed E-state index contributed by atoms with van der Waals surface area (Å²) in [7, 11) is 0. The number of hydrogen-bond donors (Lipinski definition) is 1. The van der Waals surface area contributed by atoms with Crippen LogP contribution >= 0.6 is 11.8 Å². The van der Waals surface area contributed by atoms with Crippen LogP contribution in [0.4, 0.5) is 11.4 Å². The van der Waals surface area contributed by atoms with Crippen LogP contribution in [0, 0.1) is 0 Å². The van der Waals surface area contributed by atoms with Crippen molar-refractivity contribution < 1.29 is 0 Å². The summed E-state index contributed by atoms with van der Waals surface area (Å²) in [6.07, 6.45) is 6.52. The molecule has 3 rings (SSSR count). The minimum absolute atomic E-state index is 1.20. The van der Waals surface area contributed by atoms with Crippen LogP contribution in [0.2, 0.25) is 0 Å². The molecule has 1 N–H and O–H groups in total. The third-order valence-electron chi connectivity index (χ3n) is 3.74. The summed E-state index contributed by atoms with van der Waals surface area (Å²) >= 11 is 1.88. The van der Waals surface area contributed by atoms with Crippen molar-refractivity contribution in [1.29, 1.82) is 0 Å². The highest BCUT2D eigenvalue weighted by atomic mass is 32.2. The van der Waals surface area contributed by atoms with E-state index in [-0.39, 0.29) is 0 Å². The van der Waals surface area contributed by atoms with Gasteiger partial charge in [0.05, 0.1) is 11.4 Å². The maximum atomic E-state index is 3.52. The van der Waals surface area contributed by atoms with E-state index in [2.05, 4.69) is 54.7 Å². The molecule has 2 aromatic carbocycles. The quantitative estimate of drug-likeness (QED) is 0.575. The number of hydrogen-bond acceptors (Lipinski definition) is 2. The van der Waals surface area contributed by atoms with Crippen molar-refractivity contribution in [3.05, 3.63) is 48.0 Å². The molecule has 0 atom stereocenters. The molecule has 2 heteroatoms. The summed E-state index contributed by atoms with van der Waals surface area (Å²) in [5, 5.41) is 3.52. The second kappa shape index (κ2) is 6.36. The van der Waals surface area contributed by atoms with Crippen LogP contribution in [0.15, 0.2) is 52.3 Å². The fourth-order valence-corrected chi connectivity index (χ4v) is 3.64. The third kappa shape index (κ3) is 3.01. The van der Waals surface area contributed by atoms with Gasteiger partial charge in [0.1, 0.15) is 0 Å². The standard InChI is InChI=1S/C18H21NS/c1-2-3-4-5-8-14-11-12-16-18(13-14)20-17-10-7-6-9-15(17)19-16/h6-7,9-13,19H,2-5,8H2,1H3. The van der Waals surface area contributed by atoms with Crippen molar-refractivity contribution >= 4 is 23.1 Å². The highest BCUT2D eigenvalue weighted by molar-refractivity contribution is 7.99. The van der Waals surface area contributed by atoms with Gasteiger partial charge in [-0.2, -0.15) is 0 Å². The van der Waals surface area contributed by atoms with E-state index in [0.717, 1.165) is 0 Å². The van der Waals surface area contributed by atoms with E-state index in [9.17, 15) is 0 Å². The molecular weight excluding hydrogens is 262 g/mol. The normalized spacial score (nSPS) is 12.4. The van der Waals surface area contributed by atoms with E-state index in [1.165, 1.54) is 58.8 Å². The van der Waals surface area contributed by atoms with E-state index in [4.69, 9.17) is 0 Å². The van der Waals surface area contributed by atoms with E-state index in [0.29, 0.717) is 0 Å². The molecule has 1 heterocycles. The second-order valence-electron chi connectivity index (χ2n) is 5.36. The molecule has 104 valence electrons. The molecule has 0 bridgehead atoms. The summed E-state index contributed by atoms with van der Waals surface area (Å²) in [5.41, 5.74) is 3.93. The lowest BCUT2D eigenvalue weighted by molar-refractivity contribution is 0.666. The van der Waals surface area contributed by atoms with Crippen molar-refractivity contribution in [3.8, 4) is 0 Å². The molecule has 1 aliphatic heterocycles. The lowest BCUT2D eigenvalue weighted by Gasteiger charge is -2.21. The zero-order valence-corrected chi connectivity index (χ0v) is 12.8. The molecule has 0 aliphatic carbocycles. The molecule has 0 aromatic heterocycles. The first kappa shape index (κ1) is 13.6. The Hall–Kier alpha value is -1.41. The average molecular weight is 283 g/mol. The second-order valence-corrected chi connectivity index (χ2v) is 6.45. The zero-order valence-electron chi connectivity index (χ0n) is 12.0. The van der Waals surface area contributed by atoms with Crippen molar-refractivity contribution in [2.75, 3.05) is 5.32 Å². The van der Waals surface area contributed by atoms with E-state index >= 15 is 0 Å². The minimum atomic E-state index is 1.20. The fraction of sp³-hybridized carbons (Fsp3) is 0.333. The molecule has 0 amide bonds. The Balaban J connectivity index is 1.71. The van der Waals surface area contributed by atoms with Crippen LogP contribution in [0.3, 0.4) is 0 Å². The highest BCUT2D eigenvalue weighted by Gasteiger charge is 2.14. The van der Waals surface area contributed by atoms with E-state index in [1.807, 2.05) is 11.8 Å². The van der Waals surface area contributed by atoms with Gasteiger partial charge in [0.25, 0.3) is 0 Å². The van der Waals surface area contributed by atoms with Crippen LogP contribution in [-0.2, 0) is 6.42 Å². The van der Waals surface area contributed by atoms with Gasteiger partial charge < -0.3 is 5.32 Å². The number of fused-ring (bicyclic) bond motifs is 2. The van der Waals surface area contributed by atoms with Gasteiger partial charge in [-0.15, -0.1) is 0 Å². The number of unbranched alkanes of at least 4 members (excludes halogenated alkanes) is 3. The van der Waals surface area contributed by atoms with Gasteiger partial charge in [-0.05, 0) is 42.7 Å². The number of aryl methyl sites for hydroxylation is 1. The van der Waals surface area contributed by atoms with Gasteiger partial charge in [-0.25, -0.2) is 0 Å². The predicted octanol–water partition coefficient (Wildman–Crippen LogP) is 6.02. The maximum Gasteiger partial charge on any atom is 0.0526 e. The van der Waals surface area contributed by atoms with Gasteiger partial charge in [0, 0.05) is 9.79 Å². The van der Waals surface area contributed by atoms with Crippen LogP contribution in [0.1, 0.15) is 38.2 Å². The first-order valence-corrected chi connectivity index (χ1v) is 8.35. The average Bonchev–Trinajstić information content (AvgIpc) is 2.49. The summed E-state index contributed by atoms with van der Waals surface area (Å²) in [5.74, 6) is 0. The fourth-order valence-electron chi connectivity index (χ4n) is 2.59. The lowest BCUT2D eigenvalue weighted by atomic mass is 10.1. The summed E-state index contributed by atoms with van der Waals surface area (Å²) in [6.45, 7) is 2.26. The first-order valence-electron chi connectivity index (χ1n) is 7.53. The van der Waals surface area contributed by atoms with Crippen molar-refractivity contribution in [2.45, 2.75) is 48.8 Å². The van der Waals surface area contributed by atoms with E-state index in [1.54, 1.807) is 0 Å². The van der Waals surface area contributed by atoms with E-state index < -0.39 is 0 Å². The van der Waals surface area contributed by atoms with Gasteiger partial charge >= 0.3 is 0 Å². The molecule has 0 spiro atoms. The molecule has 0 saturated carbocycles. The van der Waals surface area contributed by atoms with Crippen molar-refractivity contribution in [3.63, 3.8) is 0 Å². The van der Waals surface area contributed by atoms with Crippen LogP contribution in [0.5, 0.6) is 0 Å². The monoisotopic (exact) mass is 283 g/mol. The third-order valence-corrected chi connectivity index (χ3v) is 4.87. The first-order chi connectivity index (χ1) is 9.86. The van der Waals surface area contributed by atoms with Gasteiger partial charge in [-0.3, -0.25) is 0 Å². The molecule has 1 aliphatic rings. The number of rotatable bonds is 5. The van der Waals surface area contributed by atoms with Gasteiger partial charge in [0.2, 0.25) is 0 Å². The number of benzene rings is 2. The maximum absolute atomic E-state index is 3.52. The van der Waals surface area contributed by atoms with Crippen molar-refractivity contribution in [1.82, 2.24) is 0 Å². The van der Waals surface area contributed by atoms with Crippen LogP contribution < -0.4 is 5.32 Å². The Morgan fingerprint density at radius 3 is 2.65 bits per heavy atom. The predicted molar refractivity (Wildman–Crippen MR) is 88.1 cm³/mol. The molecule has 0 fully saturated rings. The summed E-state index contributed by atoms with van der Waals surface area (Å²) < 4.78 is 0. The van der Waals surface area contributed by atoms with Gasteiger partial charge in [-0.1, -0.05) is 56.1 Å². The van der Waals surface area contributed by atoms with Crippen LogP contribution in [0.25, 0.3) is 0 Å². The Morgan fingerprint density at radius 1 is 0.900 bits per heavy atom. The van der Waals surface area contributed by atoms with Crippen molar-refractivity contribution in [2.24, 2.45) is 0 Å². The van der Waals surface area contributed by atoms with Crippen LogP contribution in [-0.4, -0.2) is 0 Å². The molecule has 1 nitrogen and oxygen atoms in total. The summed E-state index contributed by atoms with van der Waals surface area (Å²) in [4.78, 5) is 2.68. The molecule has 0 unspecified atom stereocenters. The molecule has 2 aromatic rings. The minimum Gasteiger partial charge on any atom is -0.354 e. The Kier molecular flexibility index (Phi) is 4.31. The number of anilines is 2. The Labute approximate surface area is 125 Å². The topological polar surface area (TPSA) is 12.0 Å². The zero-order chi connectivity index (χ0) is 13.8. The lowest BCUT2D eigenvalue weighted by Crippen LogP contribution is -2.00. The summed E-state index contributed by atoms with van der Waals surface area (Å²) in [6, 6.07) is 15.4.